The molecule has 3 nitrogen and oxygen atoms in total. The minimum Gasteiger partial charge on any atom is -1.00 e. The molecule has 1 aromatic carbocycles. The lowest BCUT2D eigenvalue weighted by molar-refractivity contribution is -0.378. The molecule has 0 aliphatic carbocycles. The molecule has 0 aliphatic heterocycles. The van der Waals surface area contributed by atoms with Gasteiger partial charge in [-0.3, -0.25) is 0 Å². The summed E-state index contributed by atoms with van der Waals surface area (Å²) in [6.45, 7) is 0. The maximum atomic E-state index is 12.8. The lowest BCUT2D eigenvalue weighted by atomic mass is 10.0. The maximum absolute atomic E-state index is 12.8. The molecule has 0 bridgehead atoms. The molecular formula is C13H11FINO2. The molecule has 2 rings (SSSR count). The van der Waals surface area contributed by atoms with Crippen molar-refractivity contribution in [2.24, 2.45) is 0 Å². The van der Waals surface area contributed by atoms with Gasteiger partial charge in [-0.15, -0.1) is 0 Å². The van der Waals surface area contributed by atoms with E-state index in [4.69, 9.17) is 0 Å². The molecule has 0 fully saturated rings. The fourth-order valence-electron chi connectivity index (χ4n) is 1.59. The van der Waals surface area contributed by atoms with Gasteiger partial charge in [0.05, 0.1) is 7.11 Å². The van der Waals surface area contributed by atoms with Crippen molar-refractivity contribution in [3.8, 4) is 11.1 Å². The molecule has 18 heavy (non-hydrogen) atoms. The topological polar surface area (TPSA) is 40.4 Å². The number of nitrogens with one attached hydrogen (secondary N) is 1. The number of aromatic amines is 1. The van der Waals surface area contributed by atoms with Crippen LogP contribution in [0.5, 0.6) is 0 Å². The molecule has 0 radical (unpaired) electrons. The zero-order chi connectivity index (χ0) is 12.3. The van der Waals surface area contributed by atoms with Gasteiger partial charge in [0.1, 0.15) is 11.4 Å². The summed E-state index contributed by atoms with van der Waals surface area (Å²) in [4.78, 5) is 14.4. The van der Waals surface area contributed by atoms with Crippen molar-refractivity contribution in [2.45, 2.75) is 0 Å². The Morgan fingerprint density at radius 3 is 2.50 bits per heavy atom. The molecule has 0 atom stereocenters. The highest BCUT2D eigenvalue weighted by molar-refractivity contribution is 5.96. The average molecular weight is 359 g/mol. The molecule has 94 valence electrons. The number of pyridine rings is 1. The van der Waals surface area contributed by atoms with E-state index in [2.05, 4.69) is 9.72 Å². The number of hydrogen-bond acceptors (Lipinski definition) is 2. The molecule has 5 heteroatoms. The molecule has 0 spiro atoms. The van der Waals surface area contributed by atoms with Crippen molar-refractivity contribution in [3.05, 3.63) is 54.1 Å². The standard InChI is InChI=1S/C13H10FNO2.HI/c1-17-13(16)12-8-15-7-6-11(12)9-2-4-10(14)5-3-9;/h2-8H,1H3;1H. The number of carbonyl (C=O) groups is 1. The van der Waals surface area contributed by atoms with Crippen LogP contribution < -0.4 is 29.0 Å². The van der Waals surface area contributed by atoms with Gasteiger partial charge in [0.25, 0.3) is 0 Å². The molecule has 0 saturated carbocycles. The van der Waals surface area contributed by atoms with Crippen LogP contribution in [-0.2, 0) is 4.74 Å². The number of carbonyl (C=O) groups excluding carboxylic acids is 1. The van der Waals surface area contributed by atoms with Gasteiger partial charge in [0.15, 0.2) is 12.4 Å². The third kappa shape index (κ3) is 3.04. The van der Waals surface area contributed by atoms with Crippen molar-refractivity contribution in [1.29, 1.82) is 0 Å². The predicted molar refractivity (Wildman–Crippen MR) is 59.7 cm³/mol. The summed E-state index contributed by atoms with van der Waals surface area (Å²) < 4.78 is 17.5. The number of ether oxygens (including phenoxy) is 1. The number of halogens is 2. The predicted octanol–water partition coefficient (Wildman–Crippen LogP) is -0.903. The Balaban J connectivity index is 0.00000162. The molecule has 1 heterocycles. The second-order valence-corrected chi connectivity index (χ2v) is 3.47. The molecular weight excluding hydrogens is 348 g/mol. The third-order valence-corrected chi connectivity index (χ3v) is 2.42. The Bertz CT molecular complexity index is 543. The van der Waals surface area contributed by atoms with Crippen LogP contribution in [0.25, 0.3) is 11.1 Å². The number of rotatable bonds is 2. The van der Waals surface area contributed by atoms with Crippen LogP contribution in [0.4, 0.5) is 4.39 Å². The summed E-state index contributed by atoms with van der Waals surface area (Å²) in [5.74, 6) is -0.739. The van der Waals surface area contributed by atoms with Crippen molar-refractivity contribution in [1.82, 2.24) is 0 Å². The Hall–Kier alpha value is -1.50. The van der Waals surface area contributed by atoms with E-state index in [1.807, 2.05) is 0 Å². The van der Waals surface area contributed by atoms with Crippen molar-refractivity contribution in [3.63, 3.8) is 0 Å². The van der Waals surface area contributed by atoms with E-state index in [0.29, 0.717) is 11.1 Å². The van der Waals surface area contributed by atoms with Crippen LogP contribution >= 0.6 is 0 Å². The maximum Gasteiger partial charge on any atom is 0.344 e. The van der Waals surface area contributed by atoms with E-state index in [0.717, 1.165) is 5.56 Å². The quantitative estimate of drug-likeness (QED) is 0.515. The van der Waals surface area contributed by atoms with Gasteiger partial charge in [0, 0.05) is 11.6 Å². The summed E-state index contributed by atoms with van der Waals surface area (Å²) in [6, 6.07) is 7.70. The minimum absolute atomic E-state index is 0. The molecule has 0 amide bonds. The average Bonchev–Trinajstić information content (AvgIpc) is 2.39. The molecule has 0 aliphatic rings. The summed E-state index contributed by atoms with van der Waals surface area (Å²) in [5, 5.41) is 0. The summed E-state index contributed by atoms with van der Waals surface area (Å²) in [5.41, 5.74) is 1.89. The molecule has 1 N–H and O–H groups in total. The highest BCUT2D eigenvalue weighted by atomic mass is 127. The fraction of sp³-hybridized carbons (Fsp3) is 0.0769. The van der Waals surface area contributed by atoms with Crippen LogP contribution in [0.1, 0.15) is 10.4 Å². The lowest BCUT2D eigenvalue weighted by Crippen LogP contribution is -3.00. The van der Waals surface area contributed by atoms with Gasteiger partial charge < -0.3 is 28.7 Å². The number of hydrogen-bond donors (Lipinski definition) is 0. The number of methoxy groups -OCH3 is 1. The van der Waals surface area contributed by atoms with E-state index in [1.54, 1.807) is 30.6 Å². The van der Waals surface area contributed by atoms with Crippen LogP contribution in [0.3, 0.4) is 0 Å². The molecule has 1 aromatic heterocycles. The Morgan fingerprint density at radius 1 is 1.22 bits per heavy atom. The van der Waals surface area contributed by atoms with Gasteiger partial charge in [-0.2, -0.15) is 0 Å². The number of aromatic nitrogens is 1. The van der Waals surface area contributed by atoms with Gasteiger partial charge in [-0.1, -0.05) is 12.1 Å². The normalized spacial score (nSPS) is 9.44. The van der Waals surface area contributed by atoms with Crippen LogP contribution in [0, 0.1) is 5.82 Å². The van der Waals surface area contributed by atoms with Crippen molar-refractivity contribution < 1.29 is 42.9 Å². The van der Waals surface area contributed by atoms with E-state index < -0.39 is 5.97 Å². The zero-order valence-electron chi connectivity index (χ0n) is 9.61. The van der Waals surface area contributed by atoms with Gasteiger partial charge >= 0.3 is 5.97 Å². The van der Waals surface area contributed by atoms with Gasteiger partial charge in [-0.05, 0) is 17.7 Å². The first-order valence-corrected chi connectivity index (χ1v) is 5.06. The zero-order valence-corrected chi connectivity index (χ0v) is 11.8. The number of benzene rings is 1. The van der Waals surface area contributed by atoms with Crippen molar-refractivity contribution in [2.75, 3.05) is 7.11 Å². The largest absolute Gasteiger partial charge is 1.00 e. The monoisotopic (exact) mass is 359 g/mol. The van der Waals surface area contributed by atoms with Gasteiger partial charge in [-0.25, -0.2) is 14.2 Å². The highest BCUT2D eigenvalue weighted by Crippen LogP contribution is 2.22. The number of H-pyrrole nitrogens is 1. The van der Waals surface area contributed by atoms with Crippen LogP contribution in [0.2, 0.25) is 0 Å². The van der Waals surface area contributed by atoms with Crippen LogP contribution in [-0.4, -0.2) is 13.1 Å². The van der Waals surface area contributed by atoms with Gasteiger partial charge in [0.2, 0.25) is 0 Å². The first-order valence-electron chi connectivity index (χ1n) is 5.06. The number of esters is 1. The molecule has 0 saturated heterocycles. The first kappa shape index (κ1) is 14.6. The van der Waals surface area contributed by atoms with E-state index >= 15 is 0 Å². The summed E-state index contributed by atoms with van der Waals surface area (Å²) in [7, 11) is 1.32. The Kier molecular flexibility index (Phi) is 5.21. The fourth-order valence-corrected chi connectivity index (χ4v) is 1.59. The second-order valence-electron chi connectivity index (χ2n) is 3.47. The molecule has 2 aromatic rings. The van der Waals surface area contributed by atoms with Crippen molar-refractivity contribution >= 4 is 5.97 Å². The summed E-state index contributed by atoms with van der Waals surface area (Å²) >= 11 is 0. The smallest absolute Gasteiger partial charge is 0.344 e. The Morgan fingerprint density at radius 2 is 1.89 bits per heavy atom. The Labute approximate surface area is 121 Å². The first-order chi connectivity index (χ1) is 8.22. The molecule has 0 unspecified atom stereocenters. The summed E-state index contributed by atoms with van der Waals surface area (Å²) in [6.07, 6.45) is 3.26. The van der Waals surface area contributed by atoms with E-state index in [1.165, 1.54) is 19.2 Å². The third-order valence-electron chi connectivity index (χ3n) is 2.42. The second kappa shape index (κ2) is 6.44. The highest BCUT2D eigenvalue weighted by Gasteiger charge is 2.15. The minimum atomic E-state index is -0.429. The van der Waals surface area contributed by atoms with E-state index in [-0.39, 0.29) is 29.8 Å². The lowest BCUT2D eigenvalue weighted by Gasteiger charge is -2.04. The van der Waals surface area contributed by atoms with E-state index in [9.17, 15) is 9.18 Å². The van der Waals surface area contributed by atoms with Crippen LogP contribution in [0.15, 0.2) is 42.7 Å². The SMILES string of the molecule is COC(=O)c1c[nH+]ccc1-c1ccc(F)cc1.[I-].